The molecule has 0 amide bonds. The molecule has 1 aromatic rings. The molecule has 0 aromatic carbocycles. The summed E-state index contributed by atoms with van der Waals surface area (Å²) >= 11 is 1.76. The van der Waals surface area contributed by atoms with Crippen molar-refractivity contribution in [1.29, 1.82) is 0 Å². The Morgan fingerprint density at radius 3 is 2.67 bits per heavy atom. The third kappa shape index (κ3) is 5.92. The molecule has 2 nitrogen and oxygen atoms in total. The minimum atomic E-state index is 0.531. The van der Waals surface area contributed by atoms with E-state index in [2.05, 4.69) is 48.2 Å². The molecular formula is C12H22N2S. The molecule has 86 valence electrons. The molecule has 1 aromatic heterocycles. The summed E-state index contributed by atoms with van der Waals surface area (Å²) in [5.74, 6) is 0.731. The van der Waals surface area contributed by atoms with Crippen molar-refractivity contribution in [3.8, 4) is 0 Å². The summed E-state index contributed by atoms with van der Waals surface area (Å²) in [7, 11) is 0. The molecule has 0 aliphatic carbocycles. The van der Waals surface area contributed by atoms with Crippen LogP contribution in [0.25, 0.3) is 0 Å². The predicted octanol–water partition coefficient (Wildman–Crippen LogP) is 2.47. The first-order chi connectivity index (χ1) is 7.18. The third-order valence-corrected chi connectivity index (χ3v) is 2.97. The maximum absolute atomic E-state index is 3.50. The van der Waals surface area contributed by atoms with Crippen LogP contribution in [0.2, 0.25) is 0 Å². The van der Waals surface area contributed by atoms with E-state index >= 15 is 0 Å². The van der Waals surface area contributed by atoms with Crippen LogP contribution in [0.3, 0.4) is 0 Å². The van der Waals surface area contributed by atoms with E-state index in [1.54, 1.807) is 11.3 Å². The zero-order valence-corrected chi connectivity index (χ0v) is 10.7. The van der Waals surface area contributed by atoms with Crippen molar-refractivity contribution in [3.05, 3.63) is 22.4 Å². The van der Waals surface area contributed by atoms with E-state index < -0.39 is 0 Å². The molecule has 0 aliphatic heterocycles. The van der Waals surface area contributed by atoms with Gasteiger partial charge in [0.1, 0.15) is 0 Å². The van der Waals surface area contributed by atoms with Crippen molar-refractivity contribution < 1.29 is 0 Å². The standard InChI is InChI=1S/C12H22N2S/c1-10(2)6-13-7-11(3)14-8-12-4-5-15-9-12/h4-5,9-11,13-14H,6-8H2,1-3H3. The normalized spacial score (nSPS) is 13.3. The van der Waals surface area contributed by atoms with Gasteiger partial charge in [-0.3, -0.25) is 0 Å². The second kappa shape index (κ2) is 6.99. The van der Waals surface area contributed by atoms with Crippen molar-refractivity contribution in [2.24, 2.45) is 5.92 Å². The molecule has 2 N–H and O–H groups in total. The Hall–Kier alpha value is -0.380. The Morgan fingerprint density at radius 1 is 1.27 bits per heavy atom. The monoisotopic (exact) mass is 226 g/mol. The highest BCUT2D eigenvalue weighted by molar-refractivity contribution is 7.07. The maximum atomic E-state index is 3.50. The van der Waals surface area contributed by atoms with E-state index in [4.69, 9.17) is 0 Å². The highest BCUT2D eigenvalue weighted by Crippen LogP contribution is 2.05. The van der Waals surface area contributed by atoms with Crippen LogP contribution in [-0.2, 0) is 6.54 Å². The zero-order chi connectivity index (χ0) is 11.1. The minimum absolute atomic E-state index is 0.531. The topological polar surface area (TPSA) is 24.1 Å². The van der Waals surface area contributed by atoms with Crippen LogP contribution >= 0.6 is 11.3 Å². The highest BCUT2D eigenvalue weighted by Gasteiger charge is 2.01. The predicted molar refractivity (Wildman–Crippen MR) is 68.3 cm³/mol. The van der Waals surface area contributed by atoms with Crippen LogP contribution in [0.5, 0.6) is 0 Å². The summed E-state index contributed by atoms with van der Waals surface area (Å²) in [6.45, 7) is 9.81. The Labute approximate surface area is 97.1 Å². The second-order valence-electron chi connectivity index (χ2n) is 4.47. The van der Waals surface area contributed by atoms with Crippen molar-refractivity contribution in [2.75, 3.05) is 13.1 Å². The lowest BCUT2D eigenvalue weighted by Crippen LogP contribution is -2.37. The summed E-state index contributed by atoms with van der Waals surface area (Å²) in [5.41, 5.74) is 1.38. The molecule has 0 radical (unpaired) electrons. The van der Waals surface area contributed by atoms with Gasteiger partial charge in [-0.25, -0.2) is 0 Å². The van der Waals surface area contributed by atoms with Gasteiger partial charge in [0.15, 0.2) is 0 Å². The van der Waals surface area contributed by atoms with Gasteiger partial charge < -0.3 is 10.6 Å². The van der Waals surface area contributed by atoms with E-state index in [9.17, 15) is 0 Å². The van der Waals surface area contributed by atoms with E-state index in [1.165, 1.54) is 5.56 Å². The highest BCUT2D eigenvalue weighted by atomic mass is 32.1. The Kier molecular flexibility index (Phi) is 5.91. The maximum Gasteiger partial charge on any atom is 0.0216 e. The van der Waals surface area contributed by atoms with Crippen LogP contribution in [0.4, 0.5) is 0 Å². The summed E-state index contributed by atoms with van der Waals surface area (Å²) in [6, 6.07) is 2.70. The number of rotatable bonds is 7. The molecule has 0 saturated carbocycles. The van der Waals surface area contributed by atoms with Gasteiger partial charge in [-0.05, 0) is 41.8 Å². The van der Waals surface area contributed by atoms with Crippen LogP contribution in [0.1, 0.15) is 26.3 Å². The minimum Gasteiger partial charge on any atom is -0.315 e. The first-order valence-electron chi connectivity index (χ1n) is 5.63. The average molecular weight is 226 g/mol. The molecule has 0 spiro atoms. The molecule has 3 heteroatoms. The molecular weight excluding hydrogens is 204 g/mol. The number of hydrogen-bond acceptors (Lipinski definition) is 3. The Balaban J connectivity index is 2.06. The Morgan fingerprint density at radius 2 is 2.07 bits per heavy atom. The van der Waals surface area contributed by atoms with Crippen LogP contribution in [-0.4, -0.2) is 19.1 Å². The molecule has 1 heterocycles. The molecule has 1 unspecified atom stereocenters. The van der Waals surface area contributed by atoms with Crippen molar-refractivity contribution in [3.63, 3.8) is 0 Å². The lowest BCUT2D eigenvalue weighted by molar-refractivity contribution is 0.472. The van der Waals surface area contributed by atoms with E-state index in [0.717, 1.165) is 25.6 Å². The third-order valence-electron chi connectivity index (χ3n) is 2.24. The van der Waals surface area contributed by atoms with Crippen LogP contribution in [0.15, 0.2) is 16.8 Å². The van der Waals surface area contributed by atoms with Gasteiger partial charge in [-0.15, -0.1) is 0 Å². The van der Waals surface area contributed by atoms with E-state index in [1.807, 2.05) is 0 Å². The molecule has 0 aliphatic rings. The molecule has 15 heavy (non-hydrogen) atoms. The quantitative estimate of drug-likeness (QED) is 0.746. The number of nitrogens with one attached hydrogen (secondary N) is 2. The molecule has 1 atom stereocenters. The van der Waals surface area contributed by atoms with Gasteiger partial charge in [-0.1, -0.05) is 13.8 Å². The Bertz CT molecular complexity index is 244. The van der Waals surface area contributed by atoms with Gasteiger partial charge in [0, 0.05) is 19.1 Å². The largest absolute Gasteiger partial charge is 0.315 e. The SMILES string of the molecule is CC(C)CNCC(C)NCc1ccsc1. The van der Waals surface area contributed by atoms with Crippen molar-refractivity contribution >= 4 is 11.3 Å². The molecule has 0 saturated heterocycles. The molecule has 0 bridgehead atoms. The van der Waals surface area contributed by atoms with E-state index in [-0.39, 0.29) is 0 Å². The van der Waals surface area contributed by atoms with Crippen LogP contribution < -0.4 is 10.6 Å². The summed E-state index contributed by atoms with van der Waals surface area (Å²) in [6.07, 6.45) is 0. The van der Waals surface area contributed by atoms with Crippen molar-refractivity contribution in [2.45, 2.75) is 33.4 Å². The van der Waals surface area contributed by atoms with E-state index in [0.29, 0.717) is 6.04 Å². The molecule has 0 fully saturated rings. The fourth-order valence-electron chi connectivity index (χ4n) is 1.35. The number of hydrogen-bond donors (Lipinski definition) is 2. The summed E-state index contributed by atoms with van der Waals surface area (Å²) < 4.78 is 0. The summed E-state index contributed by atoms with van der Waals surface area (Å²) in [5, 5.41) is 11.3. The van der Waals surface area contributed by atoms with Gasteiger partial charge in [0.2, 0.25) is 0 Å². The second-order valence-corrected chi connectivity index (χ2v) is 5.25. The fourth-order valence-corrected chi connectivity index (χ4v) is 2.01. The van der Waals surface area contributed by atoms with Crippen LogP contribution in [0, 0.1) is 5.92 Å². The first kappa shape index (κ1) is 12.7. The van der Waals surface area contributed by atoms with Crippen molar-refractivity contribution in [1.82, 2.24) is 10.6 Å². The smallest absolute Gasteiger partial charge is 0.0216 e. The summed E-state index contributed by atoms with van der Waals surface area (Å²) in [4.78, 5) is 0. The lowest BCUT2D eigenvalue weighted by atomic mass is 10.2. The average Bonchev–Trinajstić information content (AvgIpc) is 2.66. The van der Waals surface area contributed by atoms with Gasteiger partial charge >= 0.3 is 0 Å². The zero-order valence-electron chi connectivity index (χ0n) is 9.92. The fraction of sp³-hybridized carbons (Fsp3) is 0.667. The number of thiophene rings is 1. The molecule has 1 rings (SSSR count). The van der Waals surface area contributed by atoms with Gasteiger partial charge in [0.05, 0.1) is 0 Å². The lowest BCUT2D eigenvalue weighted by Gasteiger charge is -2.15. The first-order valence-corrected chi connectivity index (χ1v) is 6.58. The van der Waals surface area contributed by atoms with Gasteiger partial charge in [-0.2, -0.15) is 11.3 Å². The van der Waals surface area contributed by atoms with Gasteiger partial charge in [0.25, 0.3) is 0 Å².